The number of benzene rings is 3. The number of carboxylic acid groups (broad SMARTS) is 1. The van der Waals surface area contributed by atoms with Gasteiger partial charge in [0, 0.05) is 27.5 Å². The van der Waals surface area contributed by atoms with Gasteiger partial charge in [-0.1, -0.05) is 30.3 Å². The van der Waals surface area contributed by atoms with Crippen LogP contribution in [0.3, 0.4) is 0 Å². The standard InChI is InChI=1S/C26H19BrN4O5/c27-21-11-16(24(33)28-13-15-4-3-5-18(32)10-15)8-9-20(21)25(34)30-23(26(35)36)12-17-14-29-31-22-7-2-1-6-19(17)22/h1-12,14,32H,13H2,(H,28,33)(H,30,34)(H,35,36)/b23-12+. The smallest absolute Gasteiger partial charge is 0.352 e. The van der Waals surface area contributed by atoms with Gasteiger partial charge in [-0.15, -0.1) is 0 Å². The summed E-state index contributed by atoms with van der Waals surface area (Å²) < 4.78 is 0.311. The number of phenols is 1. The molecule has 36 heavy (non-hydrogen) atoms. The summed E-state index contributed by atoms with van der Waals surface area (Å²) in [6.45, 7) is 0.207. The molecule has 9 nitrogen and oxygen atoms in total. The van der Waals surface area contributed by atoms with Crippen molar-refractivity contribution < 1.29 is 24.6 Å². The maximum atomic E-state index is 12.9. The van der Waals surface area contributed by atoms with Crippen LogP contribution in [0.25, 0.3) is 17.0 Å². The maximum Gasteiger partial charge on any atom is 0.352 e. The Hall–Kier alpha value is -4.57. The second kappa shape index (κ2) is 10.8. The fraction of sp³-hybridized carbons (Fsp3) is 0.0385. The molecule has 0 atom stereocenters. The van der Waals surface area contributed by atoms with Crippen molar-refractivity contribution in [1.29, 1.82) is 0 Å². The van der Waals surface area contributed by atoms with Crippen molar-refractivity contribution >= 4 is 50.7 Å². The third-order valence-electron chi connectivity index (χ3n) is 5.20. The van der Waals surface area contributed by atoms with Crippen LogP contribution in [0, 0.1) is 0 Å². The van der Waals surface area contributed by atoms with Crippen LogP contribution in [-0.4, -0.2) is 38.2 Å². The number of carboxylic acids is 1. The second-order valence-electron chi connectivity index (χ2n) is 7.68. The average Bonchev–Trinajstić information content (AvgIpc) is 2.87. The van der Waals surface area contributed by atoms with Gasteiger partial charge in [-0.2, -0.15) is 10.2 Å². The van der Waals surface area contributed by atoms with Crippen molar-refractivity contribution in [2.24, 2.45) is 0 Å². The summed E-state index contributed by atoms with van der Waals surface area (Å²) in [6, 6.07) is 18.0. The Kier molecular flexibility index (Phi) is 7.36. The first-order chi connectivity index (χ1) is 17.3. The Balaban J connectivity index is 1.50. The van der Waals surface area contributed by atoms with Crippen LogP contribution in [0.5, 0.6) is 5.75 Å². The van der Waals surface area contributed by atoms with Crippen molar-refractivity contribution in [2.75, 3.05) is 0 Å². The van der Waals surface area contributed by atoms with E-state index in [0.29, 0.717) is 26.5 Å². The van der Waals surface area contributed by atoms with E-state index in [1.807, 2.05) is 0 Å². The normalized spacial score (nSPS) is 11.2. The van der Waals surface area contributed by atoms with Gasteiger partial charge in [0.05, 0.1) is 17.3 Å². The minimum atomic E-state index is -1.33. The molecule has 0 saturated carbocycles. The molecule has 4 N–H and O–H groups in total. The molecule has 10 heteroatoms. The quantitative estimate of drug-likeness (QED) is 0.257. The Labute approximate surface area is 213 Å². The number of aromatic nitrogens is 2. The van der Waals surface area contributed by atoms with E-state index in [2.05, 4.69) is 36.8 Å². The zero-order valence-electron chi connectivity index (χ0n) is 18.6. The fourth-order valence-electron chi connectivity index (χ4n) is 3.43. The van der Waals surface area contributed by atoms with Crippen LogP contribution < -0.4 is 10.6 Å². The number of rotatable bonds is 7. The molecule has 0 fully saturated rings. The summed E-state index contributed by atoms with van der Waals surface area (Å²) in [4.78, 5) is 37.2. The van der Waals surface area contributed by atoms with E-state index in [9.17, 15) is 24.6 Å². The summed E-state index contributed by atoms with van der Waals surface area (Å²) >= 11 is 3.29. The van der Waals surface area contributed by atoms with Gasteiger partial charge in [-0.05, 0) is 64.0 Å². The molecule has 0 aliphatic carbocycles. The fourth-order valence-corrected chi connectivity index (χ4v) is 3.99. The molecule has 1 heterocycles. The molecule has 2 amide bonds. The topological polar surface area (TPSA) is 142 Å². The molecule has 0 spiro atoms. The number of aromatic hydroxyl groups is 1. The molecular formula is C26H19BrN4O5. The Bertz CT molecular complexity index is 1510. The van der Waals surface area contributed by atoms with Crippen molar-refractivity contribution in [3.8, 4) is 5.75 Å². The number of amides is 2. The van der Waals surface area contributed by atoms with Crippen molar-refractivity contribution in [2.45, 2.75) is 6.54 Å². The van der Waals surface area contributed by atoms with Gasteiger partial charge in [-0.25, -0.2) is 4.79 Å². The van der Waals surface area contributed by atoms with Crippen LogP contribution in [0.15, 0.2) is 83.1 Å². The predicted octanol–water partition coefficient (Wildman–Crippen LogP) is 3.88. The number of carbonyl (C=O) groups excluding carboxylic acids is 2. The van der Waals surface area contributed by atoms with Crippen LogP contribution in [0.2, 0.25) is 0 Å². The number of aliphatic carboxylic acids is 1. The Morgan fingerprint density at radius 1 is 0.972 bits per heavy atom. The zero-order chi connectivity index (χ0) is 25.7. The SMILES string of the molecule is O=C(O)/C(=C\c1cnnc2ccccc12)NC(=O)c1ccc(C(=O)NCc2cccc(O)c2)cc1Br. The molecule has 4 rings (SSSR count). The van der Waals surface area contributed by atoms with E-state index in [1.54, 1.807) is 42.5 Å². The van der Waals surface area contributed by atoms with Crippen LogP contribution in [0.1, 0.15) is 31.8 Å². The van der Waals surface area contributed by atoms with E-state index >= 15 is 0 Å². The monoisotopic (exact) mass is 546 g/mol. The Morgan fingerprint density at radius 3 is 2.53 bits per heavy atom. The zero-order valence-corrected chi connectivity index (χ0v) is 20.2. The summed E-state index contributed by atoms with van der Waals surface area (Å²) in [6.07, 6.45) is 2.73. The van der Waals surface area contributed by atoms with E-state index in [-0.39, 0.29) is 29.5 Å². The van der Waals surface area contributed by atoms with Gasteiger partial charge < -0.3 is 20.8 Å². The van der Waals surface area contributed by atoms with E-state index in [4.69, 9.17) is 0 Å². The van der Waals surface area contributed by atoms with Crippen molar-refractivity contribution in [1.82, 2.24) is 20.8 Å². The lowest BCUT2D eigenvalue weighted by atomic mass is 10.1. The third kappa shape index (κ3) is 5.73. The molecule has 180 valence electrons. The summed E-state index contributed by atoms with van der Waals surface area (Å²) in [5, 5.41) is 32.9. The summed E-state index contributed by atoms with van der Waals surface area (Å²) in [5.41, 5.74) is 1.88. The van der Waals surface area contributed by atoms with Crippen LogP contribution in [-0.2, 0) is 11.3 Å². The van der Waals surface area contributed by atoms with Crippen LogP contribution >= 0.6 is 15.9 Å². The lowest BCUT2D eigenvalue weighted by molar-refractivity contribution is -0.132. The Morgan fingerprint density at radius 2 is 1.78 bits per heavy atom. The second-order valence-corrected chi connectivity index (χ2v) is 8.54. The van der Waals surface area contributed by atoms with Gasteiger partial charge in [0.2, 0.25) is 0 Å². The van der Waals surface area contributed by atoms with Gasteiger partial charge in [-0.3, -0.25) is 9.59 Å². The number of carbonyl (C=O) groups is 3. The first-order valence-corrected chi connectivity index (χ1v) is 11.4. The highest BCUT2D eigenvalue weighted by molar-refractivity contribution is 9.10. The number of phenolic OH excluding ortho intramolecular Hbond substituents is 1. The number of fused-ring (bicyclic) bond motifs is 1. The molecular weight excluding hydrogens is 528 g/mol. The first kappa shape index (κ1) is 24.6. The van der Waals surface area contributed by atoms with Crippen molar-refractivity contribution in [3.63, 3.8) is 0 Å². The van der Waals surface area contributed by atoms with E-state index in [1.165, 1.54) is 36.5 Å². The molecule has 0 saturated heterocycles. The van der Waals surface area contributed by atoms with Gasteiger partial charge in [0.25, 0.3) is 11.8 Å². The molecule has 0 aliphatic rings. The summed E-state index contributed by atoms with van der Waals surface area (Å²) in [5.74, 6) is -2.28. The van der Waals surface area contributed by atoms with E-state index < -0.39 is 11.9 Å². The number of nitrogens with one attached hydrogen (secondary N) is 2. The molecule has 3 aromatic carbocycles. The summed E-state index contributed by atoms with van der Waals surface area (Å²) in [7, 11) is 0. The minimum Gasteiger partial charge on any atom is -0.508 e. The minimum absolute atomic E-state index is 0.100. The van der Waals surface area contributed by atoms with Crippen molar-refractivity contribution in [3.05, 3.63) is 105 Å². The maximum absolute atomic E-state index is 12.9. The number of hydrogen-bond acceptors (Lipinski definition) is 6. The number of halogens is 1. The van der Waals surface area contributed by atoms with Gasteiger partial charge in [0.15, 0.2) is 0 Å². The number of nitrogens with zero attached hydrogens (tertiary/aromatic N) is 2. The van der Waals surface area contributed by atoms with Gasteiger partial charge >= 0.3 is 5.97 Å². The van der Waals surface area contributed by atoms with E-state index in [0.717, 1.165) is 5.56 Å². The molecule has 0 radical (unpaired) electrons. The van der Waals surface area contributed by atoms with Crippen LogP contribution in [0.4, 0.5) is 0 Å². The average molecular weight is 547 g/mol. The van der Waals surface area contributed by atoms with Gasteiger partial charge in [0.1, 0.15) is 11.4 Å². The molecule has 4 aromatic rings. The largest absolute Gasteiger partial charge is 0.508 e. The molecule has 0 bridgehead atoms. The highest BCUT2D eigenvalue weighted by Crippen LogP contribution is 2.21. The molecule has 0 aliphatic heterocycles. The predicted molar refractivity (Wildman–Crippen MR) is 136 cm³/mol. The third-order valence-corrected chi connectivity index (χ3v) is 5.85. The lowest BCUT2D eigenvalue weighted by Gasteiger charge is -2.10. The molecule has 0 unspecified atom stereocenters. The highest BCUT2D eigenvalue weighted by atomic mass is 79.9. The molecule has 1 aromatic heterocycles. The lowest BCUT2D eigenvalue weighted by Crippen LogP contribution is -2.28. The first-order valence-electron chi connectivity index (χ1n) is 10.6. The number of hydrogen-bond donors (Lipinski definition) is 4. The highest BCUT2D eigenvalue weighted by Gasteiger charge is 2.18.